The fourth-order valence-corrected chi connectivity index (χ4v) is 2.57. The SMILES string of the molecule is O=C(O)c1ccc(NCCc2cccs2)cc1C(F)(F)F. The average molecular weight is 315 g/mol. The van der Waals surface area contributed by atoms with E-state index in [9.17, 15) is 18.0 Å². The van der Waals surface area contributed by atoms with Gasteiger partial charge in [0.25, 0.3) is 0 Å². The first kappa shape index (κ1) is 15.4. The summed E-state index contributed by atoms with van der Waals surface area (Å²) in [5, 5.41) is 13.6. The number of thiophene rings is 1. The fourth-order valence-electron chi connectivity index (χ4n) is 1.86. The van der Waals surface area contributed by atoms with Crippen LogP contribution in [0.15, 0.2) is 35.7 Å². The predicted octanol–water partition coefficient (Wildman–Crippen LogP) is 4.12. The Morgan fingerprint density at radius 3 is 2.62 bits per heavy atom. The molecular weight excluding hydrogens is 303 g/mol. The number of aromatic carboxylic acids is 1. The minimum absolute atomic E-state index is 0.254. The van der Waals surface area contributed by atoms with E-state index in [2.05, 4.69) is 5.32 Å². The van der Waals surface area contributed by atoms with E-state index >= 15 is 0 Å². The maximum atomic E-state index is 12.8. The van der Waals surface area contributed by atoms with E-state index < -0.39 is 23.3 Å². The van der Waals surface area contributed by atoms with Crippen molar-refractivity contribution in [1.82, 2.24) is 0 Å². The second kappa shape index (κ2) is 6.17. The first-order valence-electron chi connectivity index (χ1n) is 6.08. The lowest BCUT2D eigenvalue weighted by molar-refractivity contribution is -0.138. The highest BCUT2D eigenvalue weighted by atomic mass is 32.1. The van der Waals surface area contributed by atoms with Crippen molar-refractivity contribution in [3.8, 4) is 0 Å². The number of halogens is 3. The molecule has 1 aromatic heterocycles. The number of alkyl halides is 3. The molecule has 0 aliphatic carbocycles. The molecule has 3 nitrogen and oxygen atoms in total. The Bertz CT molecular complexity index is 624. The molecular formula is C14H12F3NO2S. The summed E-state index contributed by atoms with van der Waals surface area (Å²) < 4.78 is 38.5. The first-order chi connectivity index (χ1) is 9.88. The summed E-state index contributed by atoms with van der Waals surface area (Å²) in [6.45, 7) is 0.476. The number of anilines is 1. The van der Waals surface area contributed by atoms with E-state index in [4.69, 9.17) is 5.11 Å². The normalized spacial score (nSPS) is 11.4. The number of nitrogens with one attached hydrogen (secondary N) is 1. The van der Waals surface area contributed by atoms with E-state index in [0.717, 1.165) is 17.0 Å². The standard InChI is InChI=1S/C14H12F3NO2S/c15-14(16,17)12-8-9(3-4-11(12)13(19)20)18-6-5-10-2-1-7-21-10/h1-4,7-8,18H,5-6H2,(H,19,20). The van der Waals surface area contributed by atoms with Crippen LogP contribution in [0.3, 0.4) is 0 Å². The van der Waals surface area contributed by atoms with Crippen LogP contribution >= 0.6 is 11.3 Å². The molecule has 0 saturated heterocycles. The molecule has 0 bridgehead atoms. The Hall–Kier alpha value is -2.02. The second-order valence-electron chi connectivity index (χ2n) is 4.32. The van der Waals surface area contributed by atoms with Crippen molar-refractivity contribution in [2.45, 2.75) is 12.6 Å². The Balaban J connectivity index is 2.12. The Morgan fingerprint density at radius 2 is 2.05 bits per heavy atom. The molecule has 0 unspecified atom stereocenters. The molecule has 0 spiro atoms. The molecule has 0 saturated carbocycles. The van der Waals surface area contributed by atoms with Crippen LogP contribution in [0, 0.1) is 0 Å². The third-order valence-corrected chi connectivity index (χ3v) is 3.77. The van der Waals surface area contributed by atoms with Crippen molar-refractivity contribution in [2.24, 2.45) is 0 Å². The monoisotopic (exact) mass is 315 g/mol. The van der Waals surface area contributed by atoms with Gasteiger partial charge in [-0.3, -0.25) is 0 Å². The van der Waals surface area contributed by atoms with Crippen LogP contribution in [0.25, 0.3) is 0 Å². The molecule has 0 atom stereocenters. The molecule has 1 heterocycles. The molecule has 21 heavy (non-hydrogen) atoms. The first-order valence-corrected chi connectivity index (χ1v) is 6.96. The molecule has 7 heteroatoms. The van der Waals surface area contributed by atoms with Crippen LogP contribution in [0.1, 0.15) is 20.8 Å². The summed E-state index contributed by atoms with van der Waals surface area (Å²) in [5.41, 5.74) is -1.63. The van der Waals surface area contributed by atoms with Gasteiger partial charge >= 0.3 is 12.1 Å². The van der Waals surface area contributed by atoms with Crippen LogP contribution < -0.4 is 5.32 Å². The smallest absolute Gasteiger partial charge is 0.417 e. The summed E-state index contributed by atoms with van der Waals surface area (Å²) in [6.07, 6.45) is -4.00. The summed E-state index contributed by atoms with van der Waals surface area (Å²) in [6, 6.07) is 6.99. The number of rotatable bonds is 5. The molecule has 1 aromatic carbocycles. The van der Waals surface area contributed by atoms with Gasteiger partial charge in [0, 0.05) is 17.1 Å². The summed E-state index contributed by atoms with van der Waals surface area (Å²) in [5.74, 6) is -1.59. The van der Waals surface area contributed by atoms with Gasteiger partial charge in [-0.15, -0.1) is 11.3 Å². The zero-order valence-electron chi connectivity index (χ0n) is 10.8. The lowest BCUT2D eigenvalue weighted by Crippen LogP contribution is -2.14. The van der Waals surface area contributed by atoms with Gasteiger partial charge < -0.3 is 10.4 Å². The summed E-state index contributed by atoms with van der Waals surface area (Å²) >= 11 is 1.57. The van der Waals surface area contributed by atoms with Crippen LogP contribution in [0.2, 0.25) is 0 Å². The molecule has 0 fully saturated rings. The van der Waals surface area contributed by atoms with Gasteiger partial charge in [-0.25, -0.2) is 4.79 Å². The van der Waals surface area contributed by atoms with Crippen LogP contribution in [0.5, 0.6) is 0 Å². The van der Waals surface area contributed by atoms with Gasteiger partial charge in [0.1, 0.15) is 0 Å². The van der Waals surface area contributed by atoms with Crippen LogP contribution in [0.4, 0.5) is 18.9 Å². The summed E-state index contributed by atoms with van der Waals surface area (Å²) in [4.78, 5) is 12.0. The molecule has 2 aromatic rings. The Kier molecular flexibility index (Phi) is 4.52. The number of carboxylic acids is 1. The molecule has 2 N–H and O–H groups in total. The summed E-state index contributed by atoms with van der Waals surface area (Å²) in [7, 11) is 0. The van der Waals surface area contributed by atoms with E-state index in [1.54, 1.807) is 11.3 Å². The third-order valence-electron chi connectivity index (χ3n) is 2.84. The van der Waals surface area contributed by atoms with Crippen LogP contribution in [-0.4, -0.2) is 17.6 Å². The van der Waals surface area contributed by atoms with Gasteiger partial charge in [0.05, 0.1) is 11.1 Å². The number of benzene rings is 1. The van der Waals surface area contributed by atoms with Gasteiger partial charge in [0.2, 0.25) is 0 Å². The topological polar surface area (TPSA) is 49.3 Å². The zero-order chi connectivity index (χ0) is 15.5. The highest BCUT2D eigenvalue weighted by Crippen LogP contribution is 2.33. The number of carbonyl (C=O) groups is 1. The lowest BCUT2D eigenvalue weighted by atomic mass is 10.1. The lowest BCUT2D eigenvalue weighted by Gasteiger charge is -2.13. The maximum Gasteiger partial charge on any atom is 0.417 e. The second-order valence-corrected chi connectivity index (χ2v) is 5.35. The number of carboxylic acid groups (broad SMARTS) is 1. The molecule has 0 amide bonds. The van der Waals surface area contributed by atoms with Gasteiger partial charge in [0.15, 0.2) is 0 Å². The van der Waals surface area contributed by atoms with Crippen molar-refractivity contribution in [2.75, 3.05) is 11.9 Å². The molecule has 0 radical (unpaired) electrons. The zero-order valence-corrected chi connectivity index (χ0v) is 11.6. The van der Waals surface area contributed by atoms with E-state index in [0.29, 0.717) is 13.0 Å². The quantitative estimate of drug-likeness (QED) is 0.872. The highest BCUT2D eigenvalue weighted by Gasteiger charge is 2.35. The maximum absolute atomic E-state index is 12.8. The van der Waals surface area contributed by atoms with Crippen molar-refractivity contribution >= 4 is 23.0 Å². The Morgan fingerprint density at radius 1 is 1.29 bits per heavy atom. The largest absolute Gasteiger partial charge is 0.478 e. The van der Waals surface area contributed by atoms with Crippen LogP contribution in [-0.2, 0) is 12.6 Å². The van der Waals surface area contributed by atoms with Crippen molar-refractivity contribution < 1.29 is 23.1 Å². The van der Waals surface area contributed by atoms with E-state index in [-0.39, 0.29) is 5.69 Å². The average Bonchev–Trinajstić information content (AvgIpc) is 2.90. The van der Waals surface area contributed by atoms with Crippen molar-refractivity contribution in [3.63, 3.8) is 0 Å². The molecule has 0 aliphatic heterocycles. The van der Waals surface area contributed by atoms with Crippen molar-refractivity contribution in [3.05, 3.63) is 51.7 Å². The molecule has 112 valence electrons. The minimum Gasteiger partial charge on any atom is -0.478 e. The number of hydrogen-bond donors (Lipinski definition) is 2. The molecule has 0 aliphatic rings. The number of hydrogen-bond acceptors (Lipinski definition) is 3. The minimum atomic E-state index is -4.70. The third kappa shape index (κ3) is 3.98. The van der Waals surface area contributed by atoms with Gasteiger partial charge in [-0.1, -0.05) is 6.07 Å². The fraction of sp³-hybridized carbons (Fsp3) is 0.214. The molecule has 2 rings (SSSR count). The van der Waals surface area contributed by atoms with E-state index in [1.807, 2.05) is 17.5 Å². The highest BCUT2D eigenvalue weighted by molar-refractivity contribution is 7.09. The Labute approximate surface area is 123 Å². The van der Waals surface area contributed by atoms with Gasteiger partial charge in [-0.05, 0) is 36.1 Å². The predicted molar refractivity (Wildman–Crippen MR) is 74.9 cm³/mol. The van der Waals surface area contributed by atoms with E-state index in [1.165, 1.54) is 6.07 Å². The van der Waals surface area contributed by atoms with Gasteiger partial charge in [-0.2, -0.15) is 13.2 Å². The van der Waals surface area contributed by atoms with Crippen molar-refractivity contribution in [1.29, 1.82) is 0 Å².